The maximum atomic E-state index is 12.4. The van der Waals surface area contributed by atoms with Crippen molar-refractivity contribution in [3.63, 3.8) is 0 Å². The van der Waals surface area contributed by atoms with Gasteiger partial charge in [-0.2, -0.15) is 0 Å². The zero-order valence-electron chi connectivity index (χ0n) is 55.0. The maximum Gasteiger partial charge on any atom is 0.306 e. The Hall–Kier alpha value is -2.66. The van der Waals surface area contributed by atoms with E-state index in [0.717, 1.165) is 64.2 Å². The lowest BCUT2D eigenvalue weighted by Crippen LogP contribution is -2.28. The van der Waals surface area contributed by atoms with Gasteiger partial charge in [-0.05, 0) is 89.9 Å². The Morgan fingerprint density at radius 3 is 0.732 bits per heavy atom. The lowest BCUT2D eigenvalue weighted by Gasteiger charge is -2.15. The third-order valence-electron chi connectivity index (χ3n) is 16.5. The van der Waals surface area contributed by atoms with Crippen LogP contribution in [0.2, 0.25) is 0 Å². The highest BCUT2D eigenvalue weighted by Gasteiger charge is 2.16. The largest absolute Gasteiger partial charge is 0.462 e. The van der Waals surface area contributed by atoms with Crippen LogP contribution < -0.4 is 0 Å². The summed E-state index contributed by atoms with van der Waals surface area (Å²) >= 11 is 0. The number of carbonyl (C=O) groups is 2. The molecule has 5 nitrogen and oxygen atoms in total. The molecule has 0 aliphatic heterocycles. The molecular formula is C77H140O5. The number of esters is 2. The van der Waals surface area contributed by atoms with Crippen LogP contribution in [-0.4, -0.2) is 36.4 Å². The van der Waals surface area contributed by atoms with Crippen LogP contribution in [0, 0.1) is 0 Å². The minimum absolute atomic E-state index is 0.0643. The monoisotopic (exact) mass is 1150 g/mol. The molecule has 478 valence electrons. The summed E-state index contributed by atoms with van der Waals surface area (Å²) in [6.07, 6.45) is 101. The summed E-state index contributed by atoms with van der Waals surface area (Å²) in [6, 6.07) is 0. The second-order valence-electron chi connectivity index (χ2n) is 24.7. The van der Waals surface area contributed by atoms with E-state index in [0.29, 0.717) is 12.8 Å². The molecule has 0 aliphatic carbocycles. The Morgan fingerprint density at radius 2 is 0.488 bits per heavy atom. The van der Waals surface area contributed by atoms with Crippen molar-refractivity contribution in [3.05, 3.63) is 72.9 Å². The Bertz CT molecular complexity index is 1440. The lowest BCUT2D eigenvalue weighted by atomic mass is 10.0. The summed E-state index contributed by atoms with van der Waals surface area (Å²) in [6.45, 7) is 4.16. The van der Waals surface area contributed by atoms with Crippen LogP contribution in [0.4, 0.5) is 0 Å². The Morgan fingerprint density at radius 1 is 0.280 bits per heavy atom. The molecule has 0 rings (SSSR count). The van der Waals surface area contributed by atoms with Crippen molar-refractivity contribution >= 4 is 11.9 Å². The highest BCUT2D eigenvalue weighted by Crippen LogP contribution is 2.18. The van der Waals surface area contributed by atoms with Gasteiger partial charge >= 0.3 is 11.9 Å². The zero-order chi connectivity index (χ0) is 59.1. The van der Waals surface area contributed by atoms with Crippen molar-refractivity contribution in [2.24, 2.45) is 0 Å². The maximum absolute atomic E-state index is 12.4. The molecule has 0 aliphatic rings. The average Bonchev–Trinajstić information content (AvgIpc) is 3.49. The van der Waals surface area contributed by atoms with Gasteiger partial charge in [0.2, 0.25) is 0 Å². The number of hydrogen-bond donors (Lipinski definition) is 1. The first-order valence-electron chi connectivity index (χ1n) is 36.5. The molecule has 0 aromatic heterocycles. The van der Waals surface area contributed by atoms with Gasteiger partial charge in [0.1, 0.15) is 6.61 Å². The smallest absolute Gasteiger partial charge is 0.306 e. The summed E-state index contributed by atoms with van der Waals surface area (Å²) in [5, 5.41) is 9.71. The van der Waals surface area contributed by atoms with E-state index in [1.165, 1.54) is 295 Å². The average molecular weight is 1150 g/mol. The van der Waals surface area contributed by atoms with Crippen LogP contribution in [0.1, 0.15) is 386 Å². The van der Waals surface area contributed by atoms with E-state index in [-0.39, 0.29) is 25.2 Å². The Labute approximate surface area is 512 Å². The number of allylic oxidation sites excluding steroid dienone is 12. The fraction of sp³-hybridized carbons (Fsp3) is 0.818. The van der Waals surface area contributed by atoms with Gasteiger partial charge in [0.25, 0.3) is 0 Å². The third kappa shape index (κ3) is 69.8. The van der Waals surface area contributed by atoms with E-state index in [1.807, 2.05) is 0 Å². The lowest BCUT2D eigenvalue weighted by molar-refractivity contribution is -0.161. The summed E-state index contributed by atoms with van der Waals surface area (Å²) < 4.78 is 10.8. The molecule has 0 saturated heterocycles. The van der Waals surface area contributed by atoms with E-state index in [4.69, 9.17) is 9.47 Å². The van der Waals surface area contributed by atoms with Gasteiger partial charge < -0.3 is 14.6 Å². The summed E-state index contributed by atoms with van der Waals surface area (Å²) in [5.74, 6) is -0.575. The first-order chi connectivity index (χ1) is 40.6. The van der Waals surface area contributed by atoms with Crippen molar-refractivity contribution in [3.8, 4) is 0 Å². The molecule has 82 heavy (non-hydrogen) atoms. The molecule has 0 saturated carbocycles. The highest BCUT2D eigenvalue weighted by molar-refractivity contribution is 5.70. The van der Waals surface area contributed by atoms with Crippen molar-refractivity contribution in [2.75, 3.05) is 13.2 Å². The van der Waals surface area contributed by atoms with Crippen LogP contribution in [0.15, 0.2) is 72.9 Å². The third-order valence-corrected chi connectivity index (χ3v) is 16.5. The Balaban J connectivity index is 3.40. The van der Waals surface area contributed by atoms with Crippen LogP contribution in [0.3, 0.4) is 0 Å². The number of aliphatic hydroxyl groups is 1. The van der Waals surface area contributed by atoms with Crippen molar-refractivity contribution < 1.29 is 24.2 Å². The standard InChI is InChI=1S/C77H140O5/c1-3-5-7-9-11-13-15-17-19-21-23-25-27-29-31-32-33-34-35-36-37-38-39-40-41-42-43-44-46-48-50-52-54-56-58-60-62-64-66-68-70-72-77(80)82-75(73-78)74-81-76(79)71-69-67-65-63-61-59-57-55-53-51-49-47-45-30-28-26-24-22-20-18-16-14-12-10-8-6-4-2/h15-18,21-24,27-30,75,78H,3-14,19-20,25-26,31-74H2,1-2H3/b17-15-,18-16-,23-21-,24-22-,29-27-,30-28-. The van der Waals surface area contributed by atoms with Crippen LogP contribution in [0.5, 0.6) is 0 Å². The van der Waals surface area contributed by atoms with Crippen LogP contribution >= 0.6 is 0 Å². The van der Waals surface area contributed by atoms with Gasteiger partial charge in [-0.3, -0.25) is 9.59 Å². The van der Waals surface area contributed by atoms with Crippen molar-refractivity contribution in [2.45, 2.75) is 392 Å². The first kappa shape index (κ1) is 79.3. The molecule has 0 aromatic rings. The van der Waals surface area contributed by atoms with Crippen LogP contribution in [0.25, 0.3) is 0 Å². The number of ether oxygens (including phenoxy) is 2. The SMILES string of the molecule is CCCCCCC/C=C\C/C=C\C/C=C\CCCCCCCCCCCCCCCCCCCCCCCCCCCCC(=O)OC(CO)COC(=O)CCCCCCCCCCCCCC/C=C\C/C=C\C/C=C\CCCCCCC. The van der Waals surface area contributed by atoms with E-state index < -0.39 is 6.10 Å². The number of aliphatic hydroxyl groups excluding tert-OH is 1. The minimum Gasteiger partial charge on any atom is -0.462 e. The number of unbranched alkanes of at least 4 members (excludes halogenated alkanes) is 48. The molecule has 5 heteroatoms. The van der Waals surface area contributed by atoms with Gasteiger partial charge in [0, 0.05) is 12.8 Å². The topological polar surface area (TPSA) is 72.8 Å². The fourth-order valence-electron chi connectivity index (χ4n) is 11.0. The second kappa shape index (κ2) is 72.6. The molecular weight excluding hydrogens is 1000 g/mol. The normalized spacial score (nSPS) is 12.6. The Kier molecular flexibility index (Phi) is 70.2. The predicted molar refractivity (Wildman–Crippen MR) is 362 cm³/mol. The fourth-order valence-corrected chi connectivity index (χ4v) is 11.0. The van der Waals surface area contributed by atoms with Gasteiger partial charge in [0.05, 0.1) is 6.61 Å². The summed E-state index contributed by atoms with van der Waals surface area (Å²) in [7, 11) is 0. The van der Waals surface area contributed by atoms with E-state index >= 15 is 0 Å². The molecule has 1 unspecified atom stereocenters. The van der Waals surface area contributed by atoms with Gasteiger partial charge in [-0.15, -0.1) is 0 Å². The van der Waals surface area contributed by atoms with E-state index in [9.17, 15) is 14.7 Å². The van der Waals surface area contributed by atoms with E-state index in [2.05, 4.69) is 86.8 Å². The van der Waals surface area contributed by atoms with Gasteiger partial charge in [0.15, 0.2) is 6.10 Å². The highest BCUT2D eigenvalue weighted by atomic mass is 16.6. The summed E-state index contributed by atoms with van der Waals surface area (Å²) in [4.78, 5) is 24.7. The molecule has 1 N–H and O–H groups in total. The van der Waals surface area contributed by atoms with Gasteiger partial charge in [-0.25, -0.2) is 0 Å². The number of hydrogen-bond acceptors (Lipinski definition) is 5. The molecule has 0 amide bonds. The first-order valence-corrected chi connectivity index (χ1v) is 36.5. The molecule has 0 heterocycles. The predicted octanol–water partition coefficient (Wildman–Crippen LogP) is 25.4. The van der Waals surface area contributed by atoms with E-state index in [1.54, 1.807) is 0 Å². The van der Waals surface area contributed by atoms with Crippen molar-refractivity contribution in [1.29, 1.82) is 0 Å². The second-order valence-corrected chi connectivity index (χ2v) is 24.7. The minimum atomic E-state index is -0.775. The number of carbonyl (C=O) groups excluding carboxylic acids is 2. The molecule has 0 spiro atoms. The molecule has 0 radical (unpaired) electrons. The summed E-state index contributed by atoms with van der Waals surface area (Å²) in [5.41, 5.74) is 0. The molecule has 0 fully saturated rings. The van der Waals surface area contributed by atoms with Crippen LogP contribution in [-0.2, 0) is 19.1 Å². The van der Waals surface area contributed by atoms with Gasteiger partial charge in [-0.1, -0.05) is 356 Å². The zero-order valence-corrected chi connectivity index (χ0v) is 55.0. The number of rotatable bonds is 68. The quantitative estimate of drug-likeness (QED) is 0.0373. The molecule has 1 atom stereocenters. The molecule has 0 bridgehead atoms. The van der Waals surface area contributed by atoms with Crippen molar-refractivity contribution in [1.82, 2.24) is 0 Å². The molecule has 0 aromatic carbocycles.